The number of unbranched alkanes of at least 4 members (excludes halogenated alkanes) is 1. The van der Waals surface area contributed by atoms with Crippen molar-refractivity contribution in [3.05, 3.63) is 59.7 Å². The highest BCUT2D eigenvalue weighted by molar-refractivity contribution is 7.92. The number of amides is 2. The summed E-state index contributed by atoms with van der Waals surface area (Å²) >= 11 is 0. The van der Waals surface area contributed by atoms with E-state index in [1.54, 1.807) is 29.2 Å². The van der Waals surface area contributed by atoms with Crippen LogP contribution in [0.5, 0.6) is 5.75 Å². The molecule has 2 aromatic rings. The monoisotopic (exact) mass is 545 g/mol. The van der Waals surface area contributed by atoms with Crippen LogP contribution in [0.25, 0.3) is 0 Å². The average molecular weight is 546 g/mol. The van der Waals surface area contributed by atoms with Crippen molar-refractivity contribution in [3.8, 4) is 5.75 Å². The molecule has 0 fully saturated rings. The van der Waals surface area contributed by atoms with Gasteiger partial charge in [-0.3, -0.25) is 13.9 Å². The van der Waals surface area contributed by atoms with Crippen LogP contribution in [0.2, 0.25) is 0 Å². The van der Waals surface area contributed by atoms with E-state index in [0.29, 0.717) is 44.0 Å². The fourth-order valence-corrected chi connectivity index (χ4v) is 5.21. The van der Waals surface area contributed by atoms with E-state index in [0.717, 1.165) is 30.2 Å². The first kappa shape index (κ1) is 31.1. The summed E-state index contributed by atoms with van der Waals surface area (Å²) in [5.41, 5.74) is 2.50. The molecule has 0 heterocycles. The van der Waals surface area contributed by atoms with Crippen LogP contribution >= 0.6 is 0 Å². The Hall–Kier alpha value is -3.07. The Kier molecular flexibility index (Phi) is 12.6. The lowest BCUT2D eigenvalue weighted by molar-refractivity contribution is -0.141. The highest BCUT2D eigenvalue weighted by Crippen LogP contribution is 2.30. The zero-order valence-corrected chi connectivity index (χ0v) is 24.2. The smallest absolute Gasteiger partial charge is 0.242 e. The standard InChI is InChI=1S/C29H43N3O5S/c1-6-9-20-30-29(34)25(7-2)31(22-24-18-16-23(4)17-19-24)28(33)15-12-21-32(38(5,35)36)26-13-10-11-14-27(26)37-8-3/h10-11,13-14,16-19,25H,6-9,12,15,20-22H2,1-5H3,(H,30,34). The fourth-order valence-electron chi connectivity index (χ4n) is 4.24. The quantitative estimate of drug-likeness (QED) is 0.310. The first-order valence-electron chi connectivity index (χ1n) is 13.4. The molecule has 1 atom stereocenters. The molecule has 9 heteroatoms. The number of sulfonamides is 1. The number of nitrogens with zero attached hydrogens (tertiary/aromatic N) is 2. The maximum Gasteiger partial charge on any atom is 0.242 e. The molecule has 38 heavy (non-hydrogen) atoms. The number of hydrogen-bond acceptors (Lipinski definition) is 5. The summed E-state index contributed by atoms with van der Waals surface area (Å²) in [7, 11) is -3.61. The van der Waals surface area contributed by atoms with Crippen molar-refractivity contribution in [2.24, 2.45) is 0 Å². The molecule has 0 aliphatic carbocycles. The summed E-state index contributed by atoms with van der Waals surface area (Å²) in [4.78, 5) is 28.2. The summed E-state index contributed by atoms with van der Waals surface area (Å²) in [5, 5.41) is 2.96. The largest absolute Gasteiger partial charge is 0.492 e. The predicted molar refractivity (Wildman–Crippen MR) is 153 cm³/mol. The molecule has 2 rings (SSSR count). The van der Waals surface area contributed by atoms with Crippen LogP contribution in [0.1, 0.15) is 64.0 Å². The second-order valence-electron chi connectivity index (χ2n) is 9.42. The Morgan fingerprint density at radius 2 is 1.68 bits per heavy atom. The molecule has 0 saturated heterocycles. The highest BCUT2D eigenvalue weighted by atomic mass is 32.2. The highest BCUT2D eigenvalue weighted by Gasteiger charge is 2.29. The first-order valence-corrected chi connectivity index (χ1v) is 15.3. The van der Waals surface area contributed by atoms with Crippen molar-refractivity contribution in [1.29, 1.82) is 0 Å². The lowest BCUT2D eigenvalue weighted by atomic mass is 10.1. The van der Waals surface area contributed by atoms with Crippen molar-refractivity contribution >= 4 is 27.5 Å². The minimum atomic E-state index is -3.61. The van der Waals surface area contributed by atoms with Crippen LogP contribution in [-0.4, -0.2) is 57.1 Å². The van der Waals surface area contributed by atoms with Crippen LogP contribution < -0.4 is 14.4 Å². The second-order valence-corrected chi connectivity index (χ2v) is 11.3. The molecule has 8 nitrogen and oxygen atoms in total. The number of rotatable bonds is 16. The van der Waals surface area contributed by atoms with Gasteiger partial charge in [0.2, 0.25) is 21.8 Å². The van der Waals surface area contributed by atoms with Crippen LogP contribution in [0.3, 0.4) is 0 Å². The molecule has 2 amide bonds. The Balaban J connectivity index is 2.22. The van der Waals surface area contributed by atoms with E-state index in [2.05, 4.69) is 12.2 Å². The van der Waals surface area contributed by atoms with E-state index in [4.69, 9.17) is 4.74 Å². The van der Waals surface area contributed by atoms with E-state index in [9.17, 15) is 18.0 Å². The maximum absolute atomic E-state index is 13.5. The SMILES string of the molecule is CCCCNC(=O)C(CC)N(Cc1ccc(C)cc1)C(=O)CCCN(c1ccccc1OCC)S(C)(=O)=O. The summed E-state index contributed by atoms with van der Waals surface area (Å²) in [6.45, 7) is 9.19. The number of anilines is 1. The minimum Gasteiger partial charge on any atom is -0.492 e. The molecular weight excluding hydrogens is 502 g/mol. The number of aryl methyl sites for hydroxylation is 1. The van der Waals surface area contributed by atoms with Crippen LogP contribution in [0, 0.1) is 6.92 Å². The van der Waals surface area contributed by atoms with Gasteiger partial charge >= 0.3 is 0 Å². The third kappa shape index (κ3) is 9.35. The van der Waals surface area contributed by atoms with Gasteiger partial charge in [-0.05, 0) is 50.8 Å². The van der Waals surface area contributed by atoms with Crippen LogP contribution in [0.4, 0.5) is 5.69 Å². The van der Waals surface area contributed by atoms with E-state index >= 15 is 0 Å². The summed E-state index contributed by atoms with van der Waals surface area (Å²) in [6.07, 6.45) is 3.87. The fraction of sp³-hybridized carbons (Fsp3) is 0.517. The number of hydrogen-bond donors (Lipinski definition) is 1. The van der Waals surface area contributed by atoms with E-state index in [-0.39, 0.29) is 24.8 Å². The lowest BCUT2D eigenvalue weighted by Gasteiger charge is -2.31. The number of carbonyl (C=O) groups is 2. The summed E-state index contributed by atoms with van der Waals surface area (Å²) < 4.78 is 32.2. The third-order valence-electron chi connectivity index (χ3n) is 6.27. The van der Waals surface area contributed by atoms with Gasteiger partial charge in [0, 0.05) is 26.1 Å². The number of carbonyl (C=O) groups excluding carboxylic acids is 2. The van der Waals surface area contributed by atoms with E-state index in [1.165, 1.54) is 4.31 Å². The van der Waals surface area contributed by atoms with E-state index in [1.807, 2.05) is 45.0 Å². The number of nitrogens with one attached hydrogen (secondary N) is 1. The minimum absolute atomic E-state index is 0.105. The second kappa shape index (κ2) is 15.4. The van der Waals surface area contributed by atoms with Gasteiger partial charge in [0.15, 0.2) is 0 Å². The lowest BCUT2D eigenvalue weighted by Crippen LogP contribution is -2.49. The topological polar surface area (TPSA) is 96.0 Å². The zero-order valence-electron chi connectivity index (χ0n) is 23.4. The number of benzene rings is 2. The van der Waals surface area contributed by atoms with Crippen LogP contribution in [0.15, 0.2) is 48.5 Å². The number of ether oxygens (including phenoxy) is 1. The molecule has 0 radical (unpaired) electrons. The van der Waals surface area contributed by atoms with Crippen molar-refractivity contribution in [1.82, 2.24) is 10.2 Å². The van der Waals surface area contributed by atoms with Gasteiger partial charge in [-0.25, -0.2) is 8.42 Å². The van der Waals surface area contributed by atoms with Gasteiger partial charge in [-0.1, -0.05) is 62.2 Å². The molecule has 0 spiro atoms. The van der Waals surface area contributed by atoms with E-state index < -0.39 is 16.1 Å². The normalized spacial score (nSPS) is 12.0. The maximum atomic E-state index is 13.5. The summed E-state index contributed by atoms with van der Waals surface area (Å²) in [6, 6.07) is 14.3. The van der Waals surface area contributed by atoms with Gasteiger partial charge < -0.3 is 15.0 Å². The van der Waals surface area contributed by atoms with Crippen molar-refractivity contribution in [3.63, 3.8) is 0 Å². The molecule has 210 valence electrons. The molecule has 1 unspecified atom stereocenters. The Morgan fingerprint density at radius 1 is 1.00 bits per heavy atom. The molecule has 0 saturated carbocycles. The molecular formula is C29H43N3O5S. The van der Waals surface area contributed by atoms with Gasteiger partial charge in [-0.15, -0.1) is 0 Å². The van der Waals surface area contributed by atoms with Crippen LogP contribution in [-0.2, 0) is 26.2 Å². The van der Waals surface area contributed by atoms with Gasteiger partial charge in [0.1, 0.15) is 11.8 Å². The first-order chi connectivity index (χ1) is 18.1. The average Bonchev–Trinajstić information content (AvgIpc) is 2.88. The third-order valence-corrected chi connectivity index (χ3v) is 7.45. The number of para-hydroxylation sites is 2. The molecule has 0 aliphatic rings. The van der Waals surface area contributed by atoms with Gasteiger partial charge in [0.25, 0.3) is 0 Å². The molecule has 0 aromatic heterocycles. The van der Waals surface area contributed by atoms with Gasteiger partial charge in [0.05, 0.1) is 18.6 Å². The Labute approximate surface area is 228 Å². The zero-order chi connectivity index (χ0) is 28.1. The summed E-state index contributed by atoms with van der Waals surface area (Å²) in [5.74, 6) is 0.127. The molecule has 0 aliphatic heterocycles. The van der Waals surface area contributed by atoms with Crippen molar-refractivity contribution in [2.75, 3.05) is 30.3 Å². The van der Waals surface area contributed by atoms with Crippen molar-refractivity contribution < 1.29 is 22.7 Å². The Bertz CT molecular complexity index is 1140. The van der Waals surface area contributed by atoms with Gasteiger partial charge in [-0.2, -0.15) is 0 Å². The molecule has 1 N–H and O–H groups in total. The molecule has 2 aromatic carbocycles. The molecule has 0 bridgehead atoms. The predicted octanol–water partition coefficient (Wildman–Crippen LogP) is 4.66. The Morgan fingerprint density at radius 3 is 2.29 bits per heavy atom. The van der Waals surface area contributed by atoms with Crippen molar-refractivity contribution in [2.45, 2.75) is 72.4 Å².